The second-order valence-electron chi connectivity index (χ2n) is 3.38. The molecule has 15 heavy (non-hydrogen) atoms. The van der Waals surface area contributed by atoms with E-state index < -0.39 is 0 Å². The summed E-state index contributed by atoms with van der Waals surface area (Å²) in [6, 6.07) is 0. The molecule has 0 aliphatic rings. The minimum absolute atomic E-state index is 0.622. The first-order valence-electron chi connectivity index (χ1n) is 5.23. The van der Waals surface area contributed by atoms with Crippen molar-refractivity contribution >= 4 is 11.6 Å². The van der Waals surface area contributed by atoms with Crippen LogP contribution in [0, 0.1) is 0 Å². The summed E-state index contributed by atoms with van der Waals surface area (Å²) in [4.78, 5) is 2.21. The van der Waals surface area contributed by atoms with E-state index in [0.29, 0.717) is 5.88 Å². The lowest BCUT2D eigenvalue weighted by atomic mass is 10.3. The predicted molar refractivity (Wildman–Crippen MR) is 68.8 cm³/mol. The Labute approximate surface area is 98.1 Å². The van der Waals surface area contributed by atoms with Crippen LogP contribution in [0.1, 0.15) is 20.3 Å². The molecule has 0 aromatic carbocycles. The molecular formula is C12H21ClN2. The van der Waals surface area contributed by atoms with Gasteiger partial charge in [-0.25, -0.2) is 0 Å². The Morgan fingerprint density at radius 2 is 2.07 bits per heavy atom. The fourth-order valence-electron chi connectivity index (χ4n) is 1.26. The normalized spacial score (nSPS) is 12.7. The van der Waals surface area contributed by atoms with Crippen molar-refractivity contribution < 1.29 is 0 Å². The van der Waals surface area contributed by atoms with Gasteiger partial charge in [-0.2, -0.15) is 0 Å². The molecule has 3 heteroatoms. The molecule has 0 saturated heterocycles. The summed E-state index contributed by atoms with van der Waals surface area (Å²) in [6.45, 7) is 9.64. The molecule has 0 fully saturated rings. The molecule has 0 rings (SSSR count). The van der Waals surface area contributed by atoms with Gasteiger partial charge >= 0.3 is 0 Å². The van der Waals surface area contributed by atoms with Crippen LogP contribution >= 0.6 is 11.6 Å². The molecule has 0 unspecified atom stereocenters. The average Bonchev–Trinajstić information content (AvgIpc) is 2.19. The van der Waals surface area contributed by atoms with Crippen molar-refractivity contribution in [1.29, 1.82) is 0 Å². The number of nitrogens with zero attached hydrogens (tertiary/aromatic N) is 1. The minimum Gasteiger partial charge on any atom is -0.402 e. The molecule has 0 radical (unpaired) electrons. The number of hydrogen-bond donors (Lipinski definition) is 1. The zero-order valence-corrected chi connectivity index (χ0v) is 10.4. The van der Waals surface area contributed by atoms with E-state index in [1.807, 2.05) is 25.2 Å². The fraction of sp³-hybridized carbons (Fsp3) is 0.500. The van der Waals surface area contributed by atoms with Gasteiger partial charge < -0.3 is 10.6 Å². The maximum Gasteiger partial charge on any atom is 0.0399 e. The monoisotopic (exact) mass is 228 g/mol. The van der Waals surface area contributed by atoms with Gasteiger partial charge in [0.15, 0.2) is 0 Å². The quantitative estimate of drug-likeness (QED) is 0.536. The molecule has 0 aliphatic heterocycles. The second-order valence-corrected chi connectivity index (χ2v) is 3.76. The average molecular weight is 229 g/mol. The highest BCUT2D eigenvalue weighted by Gasteiger charge is 2.03. The summed E-state index contributed by atoms with van der Waals surface area (Å²) in [5.74, 6) is 0.622. The van der Waals surface area contributed by atoms with Crippen LogP contribution in [-0.2, 0) is 0 Å². The lowest BCUT2D eigenvalue weighted by Gasteiger charge is -2.24. The first-order valence-corrected chi connectivity index (χ1v) is 5.76. The number of rotatable bonds is 7. The Hall–Kier alpha value is -0.890. The van der Waals surface area contributed by atoms with E-state index >= 15 is 0 Å². The molecule has 0 heterocycles. The number of allylic oxidation sites excluding steroid dienone is 4. The van der Waals surface area contributed by atoms with E-state index in [1.165, 1.54) is 0 Å². The topological polar surface area (TPSA) is 29.3 Å². The Balaban J connectivity index is 4.64. The van der Waals surface area contributed by atoms with Gasteiger partial charge in [0, 0.05) is 30.4 Å². The van der Waals surface area contributed by atoms with Crippen LogP contribution in [0.3, 0.4) is 0 Å². The van der Waals surface area contributed by atoms with E-state index in [9.17, 15) is 0 Å². The van der Waals surface area contributed by atoms with Crippen molar-refractivity contribution in [2.45, 2.75) is 20.3 Å². The Kier molecular flexibility index (Phi) is 7.92. The first kappa shape index (κ1) is 14.1. The van der Waals surface area contributed by atoms with Crippen LogP contribution in [0.4, 0.5) is 0 Å². The van der Waals surface area contributed by atoms with Crippen molar-refractivity contribution in [3.63, 3.8) is 0 Å². The number of nitrogens with two attached hydrogens (primary N) is 1. The second kappa shape index (κ2) is 8.42. The van der Waals surface area contributed by atoms with Crippen LogP contribution in [0.15, 0.2) is 36.2 Å². The molecular weight excluding hydrogens is 208 g/mol. The van der Waals surface area contributed by atoms with Crippen LogP contribution in [0.5, 0.6) is 0 Å². The highest BCUT2D eigenvalue weighted by Crippen LogP contribution is 2.07. The van der Waals surface area contributed by atoms with Crippen LogP contribution in [0.25, 0.3) is 0 Å². The Morgan fingerprint density at radius 1 is 1.40 bits per heavy atom. The molecule has 0 amide bonds. The molecule has 2 N–H and O–H groups in total. The van der Waals surface area contributed by atoms with Gasteiger partial charge in [-0.3, -0.25) is 0 Å². The van der Waals surface area contributed by atoms with Crippen LogP contribution in [-0.4, -0.2) is 23.9 Å². The third kappa shape index (κ3) is 6.24. The lowest BCUT2D eigenvalue weighted by molar-refractivity contribution is 0.376. The molecule has 0 saturated carbocycles. The molecule has 0 atom stereocenters. The molecule has 0 aromatic rings. The molecule has 0 aromatic heterocycles. The summed E-state index contributed by atoms with van der Waals surface area (Å²) in [5, 5.41) is 0. The maximum atomic E-state index is 5.75. The molecule has 0 aliphatic carbocycles. The van der Waals surface area contributed by atoms with Gasteiger partial charge in [0.2, 0.25) is 0 Å². The van der Waals surface area contributed by atoms with Gasteiger partial charge in [0.25, 0.3) is 0 Å². The summed E-state index contributed by atoms with van der Waals surface area (Å²) < 4.78 is 0. The van der Waals surface area contributed by atoms with E-state index in [1.54, 1.807) is 0 Å². The summed E-state index contributed by atoms with van der Waals surface area (Å²) in [5.41, 5.74) is 7.44. The number of alkyl halides is 1. The third-order valence-corrected chi connectivity index (χ3v) is 2.11. The fourth-order valence-corrected chi connectivity index (χ4v) is 1.47. The lowest BCUT2D eigenvalue weighted by Crippen LogP contribution is -2.25. The molecule has 0 spiro atoms. The minimum atomic E-state index is 0.622. The maximum absolute atomic E-state index is 5.75. The summed E-state index contributed by atoms with van der Waals surface area (Å²) in [6.07, 6.45) is 6.79. The molecule has 86 valence electrons. The van der Waals surface area contributed by atoms with E-state index in [-0.39, 0.29) is 0 Å². The van der Waals surface area contributed by atoms with Crippen molar-refractivity contribution in [2.24, 2.45) is 5.73 Å². The molecule has 0 bridgehead atoms. The summed E-state index contributed by atoms with van der Waals surface area (Å²) >= 11 is 5.75. The van der Waals surface area contributed by atoms with Gasteiger partial charge in [0.05, 0.1) is 0 Å². The predicted octanol–water partition coefficient (Wildman–Crippen LogP) is 2.87. The van der Waals surface area contributed by atoms with Gasteiger partial charge in [0.1, 0.15) is 0 Å². The Morgan fingerprint density at radius 3 is 2.47 bits per heavy atom. The van der Waals surface area contributed by atoms with Crippen molar-refractivity contribution in [1.82, 2.24) is 4.90 Å². The smallest absolute Gasteiger partial charge is 0.0399 e. The van der Waals surface area contributed by atoms with Crippen LogP contribution < -0.4 is 5.73 Å². The zero-order valence-electron chi connectivity index (χ0n) is 9.67. The van der Waals surface area contributed by atoms with Gasteiger partial charge in [-0.1, -0.05) is 13.5 Å². The summed E-state index contributed by atoms with van der Waals surface area (Å²) in [7, 11) is 0. The highest BCUT2D eigenvalue weighted by molar-refractivity contribution is 6.18. The van der Waals surface area contributed by atoms with Gasteiger partial charge in [-0.15, -0.1) is 11.6 Å². The van der Waals surface area contributed by atoms with Crippen molar-refractivity contribution in [3.05, 3.63) is 36.2 Å². The SMILES string of the molecule is C=C/C(=C\C=C(/C)N)N(CCC)CCCl. The van der Waals surface area contributed by atoms with E-state index in [0.717, 1.165) is 30.9 Å². The largest absolute Gasteiger partial charge is 0.402 e. The zero-order chi connectivity index (χ0) is 11.7. The van der Waals surface area contributed by atoms with Crippen LogP contribution in [0.2, 0.25) is 0 Å². The van der Waals surface area contributed by atoms with Gasteiger partial charge in [-0.05, 0) is 31.6 Å². The number of halogens is 1. The van der Waals surface area contributed by atoms with E-state index in [2.05, 4.69) is 18.4 Å². The van der Waals surface area contributed by atoms with Crippen molar-refractivity contribution in [3.8, 4) is 0 Å². The molecule has 2 nitrogen and oxygen atoms in total. The third-order valence-electron chi connectivity index (χ3n) is 1.94. The van der Waals surface area contributed by atoms with Crippen molar-refractivity contribution in [2.75, 3.05) is 19.0 Å². The first-order chi connectivity index (χ1) is 7.15. The highest BCUT2D eigenvalue weighted by atomic mass is 35.5. The van der Waals surface area contributed by atoms with E-state index in [4.69, 9.17) is 17.3 Å². The Bertz CT molecular complexity index is 234. The standard InChI is InChI=1S/C12H21ClN2/c1-4-9-15(10-8-13)12(5-2)7-6-11(3)14/h5-7H,2,4,8-10,14H2,1,3H3/b11-6+,12-7+. The number of hydrogen-bond acceptors (Lipinski definition) is 2.